The summed E-state index contributed by atoms with van der Waals surface area (Å²) in [6, 6.07) is 16.8. The Morgan fingerprint density at radius 3 is 2.79 bits per heavy atom. The predicted molar refractivity (Wildman–Crippen MR) is 119 cm³/mol. The van der Waals surface area contributed by atoms with Gasteiger partial charge in [0, 0.05) is 40.4 Å². The van der Waals surface area contributed by atoms with Crippen molar-refractivity contribution in [3.8, 4) is 11.1 Å². The highest BCUT2D eigenvalue weighted by molar-refractivity contribution is 5.98. The van der Waals surface area contributed by atoms with Crippen LogP contribution in [0, 0.1) is 13.8 Å². The third-order valence-electron chi connectivity index (χ3n) is 5.25. The number of benzene rings is 2. The predicted octanol–water partition coefficient (Wildman–Crippen LogP) is 4.92. The highest BCUT2D eigenvalue weighted by Crippen LogP contribution is 2.35. The van der Waals surface area contributed by atoms with E-state index in [-0.39, 0.29) is 5.95 Å². The van der Waals surface area contributed by atoms with Gasteiger partial charge in [0.25, 0.3) is 0 Å². The Kier molecular flexibility index (Phi) is 3.98. The van der Waals surface area contributed by atoms with Crippen molar-refractivity contribution in [1.29, 1.82) is 0 Å². The topological polar surface area (TPSA) is 95.4 Å². The molecule has 0 unspecified atom stereocenters. The second kappa shape index (κ2) is 6.67. The number of nitrogen functional groups attached to an aromatic ring is 1. The first-order chi connectivity index (χ1) is 14.1. The summed E-state index contributed by atoms with van der Waals surface area (Å²) in [6.07, 6.45) is 1.95. The lowest BCUT2D eigenvalue weighted by atomic mass is 10.0. The summed E-state index contributed by atoms with van der Waals surface area (Å²) in [5, 5.41) is 5.83. The molecule has 0 aliphatic rings. The van der Waals surface area contributed by atoms with Crippen molar-refractivity contribution >= 4 is 33.6 Å². The van der Waals surface area contributed by atoms with Gasteiger partial charge in [0.15, 0.2) is 0 Å². The molecule has 0 aliphatic carbocycles. The first kappa shape index (κ1) is 17.3. The number of H-pyrrole nitrogens is 2. The van der Waals surface area contributed by atoms with Crippen molar-refractivity contribution in [2.45, 2.75) is 20.4 Å². The summed E-state index contributed by atoms with van der Waals surface area (Å²) in [5.74, 6) is 1.01. The smallest absolute Gasteiger partial charge is 0.222 e. The van der Waals surface area contributed by atoms with Crippen LogP contribution < -0.4 is 11.1 Å². The van der Waals surface area contributed by atoms with E-state index < -0.39 is 0 Å². The number of hydrogen-bond donors (Lipinski definition) is 4. The number of aryl methyl sites for hydroxylation is 2. The van der Waals surface area contributed by atoms with Gasteiger partial charge in [-0.25, -0.2) is 4.98 Å². The Morgan fingerprint density at radius 2 is 1.90 bits per heavy atom. The average molecular weight is 382 g/mol. The molecule has 3 aromatic heterocycles. The Morgan fingerprint density at radius 1 is 1.00 bits per heavy atom. The maximum atomic E-state index is 5.97. The Balaban J connectivity index is 1.55. The molecule has 0 atom stereocenters. The van der Waals surface area contributed by atoms with E-state index in [2.05, 4.69) is 74.6 Å². The molecule has 5 aromatic rings. The number of rotatable bonds is 4. The number of anilines is 2. The molecule has 29 heavy (non-hydrogen) atoms. The molecule has 6 nitrogen and oxygen atoms in total. The zero-order chi connectivity index (χ0) is 20.0. The second-order valence-corrected chi connectivity index (χ2v) is 7.36. The molecular weight excluding hydrogens is 360 g/mol. The summed E-state index contributed by atoms with van der Waals surface area (Å²) in [6.45, 7) is 4.68. The molecule has 144 valence electrons. The van der Waals surface area contributed by atoms with Gasteiger partial charge in [-0.3, -0.25) is 0 Å². The van der Waals surface area contributed by atoms with E-state index in [4.69, 9.17) is 5.73 Å². The van der Waals surface area contributed by atoms with Crippen LogP contribution in [0.4, 0.5) is 11.8 Å². The molecule has 5 N–H and O–H groups in total. The number of aromatic amines is 2. The van der Waals surface area contributed by atoms with E-state index >= 15 is 0 Å². The first-order valence-electron chi connectivity index (χ1n) is 9.61. The van der Waals surface area contributed by atoms with Gasteiger partial charge in [0.1, 0.15) is 5.82 Å². The van der Waals surface area contributed by atoms with Crippen molar-refractivity contribution in [2.24, 2.45) is 0 Å². The van der Waals surface area contributed by atoms with Crippen LogP contribution in [0.1, 0.15) is 17.0 Å². The van der Waals surface area contributed by atoms with Gasteiger partial charge in [0.2, 0.25) is 5.95 Å². The normalized spacial score (nSPS) is 11.4. The number of nitrogens with two attached hydrogens (primary N) is 1. The molecule has 2 aromatic carbocycles. The van der Waals surface area contributed by atoms with E-state index in [0.29, 0.717) is 6.54 Å². The molecule has 0 amide bonds. The first-order valence-corrected chi connectivity index (χ1v) is 9.61. The standard InChI is InChI=1S/C23H22N6/c1-13-10-16-11-15(6-7-19(16)27-13)12-26-22-21(14(2)28-23(24)29-22)18-4-3-5-20-17(18)8-9-25-20/h3-11,25,27H,12H2,1-2H3,(H3,24,26,28,29). The fourth-order valence-electron chi connectivity index (χ4n) is 3.97. The highest BCUT2D eigenvalue weighted by atomic mass is 15.1. The van der Waals surface area contributed by atoms with Crippen LogP contribution in [-0.4, -0.2) is 19.9 Å². The average Bonchev–Trinajstić information content (AvgIpc) is 3.31. The van der Waals surface area contributed by atoms with Gasteiger partial charge in [-0.15, -0.1) is 0 Å². The van der Waals surface area contributed by atoms with Crippen LogP contribution in [0.5, 0.6) is 0 Å². The summed E-state index contributed by atoms with van der Waals surface area (Å²) in [4.78, 5) is 15.6. The zero-order valence-electron chi connectivity index (χ0n) is 16.4. The minimum atomic E-state index is 0.270. The summed E-state index contributed by atoms with van der Waals surface area (Å²) in [7, 11) is 0. The van der Waals surface area contributed by atoms with E-state index in [1.165, 1.54) is 10.9 Å². The van der Waals surface area contributed by atoms with E-state index in [0.717, 1.165) is 44.8 Å². The lowest BCUT2D eigenvalue weighted by Crippen LogP contribution is -2.08. The van der Waals surface area contributed by atoms with Crippen molar-refractivity contribution in [1.82, 2.24) is 19.9 Å². The Bertz CT molecular complexity index is 1340. The van der Waals surface area contributed by atoms with Crippen molar-refractivity contribution in [3.05, 3.63) is 71.7 Å². The van der Waals surface area contributed by atoms with Crippen molar-refractivity contribution in [2.75, 3.05) is 11.1 Å². The zero-order valence-corrected chi connectivity index (χ0v) is 16.4. The number of aromatic nitrogens is 4. The lowest BCUT2D eigenvalue weighted by Gasteiger charge is -2.15. The van der Waals surface area contributed by atoms with Crippen LogP contribution in [0.2, 0.25) is 0 Å². The third-order valence-corrected chi connectivity index (χ3v) is 5.25. The Hall–Kier alpha value is -3.80. The van der Waals surface area contributed by atoms with E-state index in [1.807, 2.05) is 19.2 Å². The van der Waals surface area contributed by atoms with Gasteiger partial charge in [-0.2, -0.15) is 4.98 Å². The van der Waals surface area contributed by atoms with Crippen LogP contribution in [0.25, 0.3) is 32.9 Å². The maximum absolute atomic E-state index is 5.97. The van der Waals surface area contributed by atoms with Crippen molar-refractivity contribution in [3.63, 3.8) is 0 Å². The van der Waals surface area contributed by atoms with Gasteiger partial charge < -0.3 is 21.0 Å². The molecule has 5 rings (SSSR count). The lowest BCUT2D eigenvalue weighted by molar-refractivity contribution is 1.07. The second-order valence-electron chi connectivity index (χ2n) is 7.36. The molecular formula is C23H22N6. The summed E-state index contributed by atoms with van der Waals surface area (Å²) < 4.78 is 0. The largest absolute Gasteiger partial charge is 0.368 e. The number of nitrogens with zero attached hydrogens (tertiary/aromatic N) is 2. The van der Waals surface area contributed by atoms with Crippen LogP contribution >= 0.6 is 0 Å². The van der Waals surface area contributed by atoms with Gasteiger partial charge in [0.05, 0.1) is 5.69 Å². The molecule has 3 heterocycles. The fraction of sp³-hybridized carbons (Fsp3) is 0.130. The molecule has 0 spiro atoms. The minimum Gasteiger partial charge on any atom is -0.368 e. The van der Waals surface area contributed by atoms with Crippen LogP contribution in [-0.2, 0) is 6.54 Å². The molecule has 0 bridgehead atoms. The molecule has 0 radical (unpaired) electrons. The fourth-order valence-corrected chi connectivity index (χ4v) is 3.97. The van der Waals surface area contributed by atoms with E-state index in [9.17, 15) is 0 Å². The van der Waals surface area contributed by atoms with Crippen molar-refractivity contribution < 1.29 is 0 Å². The molecule has 0 saturated heterocycles. The molecule has 0 fully saturated rings. The summed E-state index contributed by atoms with van der Waals surface area (Å²) in [5.41, 5.74) is 13.4. The van der Waals surface area contributed by atoms with Gasteiger partial charge >= 0.3 is 0 Å². The molecule has 6 heteroatoms. The Labute approximate surface area is 168 Å². The van der Waals surface area contributed by atoms with Gasteiger partial charge in [-0.1, -0.05) is 18.2 Å². The maximum Gasteiger partial charge on any atom is 0.222 e. The number of hydrogen-bond acceptors (Lipinski definition) is 4. The quantitative estimate of drug-likeness (QED) is 0.355. The minimum absolute atomic E-state index is 0.270. The van der Waals surface area contributed by atoms with Gasteiger partial charge in [-0.05, 0) is 60.7 Å². The molecule has 0 aliphatic heterocycles. The summed E-state index contributed by atoms with van der Waals surface area (Å²) >= 11 is 0. The monoisotopic (exact) mass is 382 g/mol. The van der Waals surface area contributed by atoms with Crippen LogP contribution in [0.3, 0.4) is 0 Å². The third kappa shape index (κ3) is 3.08. The molecule has 0 saturated carbocycles. The number of fused-ring (bicyclic) bond motifs is 2. The highest BCUT2D eigenvalue weighted by Gasteiger charge is 2.15. The van der Waals surface area contributed by atoms with Crippen LogP contribution in [0.15, 0.2) is 54.7 Å². The number of nitrogens with one attached hydrogen (secondary N) is 3. The van der Waals surface area contributed by atoms with E-state index in [1.54, 1.807) is 0 Å². The SMILES string of the molecule is Cc1cc2cc(CNc3nc(N)nc(C)c3-c3cccc4[nH]ccc34)ccc2[nH]1.